The molecular weight excluding hydrogens is 314 g/mol. The van der Waals surface area contributed by atoms with Gasteiger partial charge in [0.2, 0.25) is 11.5 Å². The van der Waals surface area contributed by atoms with Gasteiger partial charge in [-0.25, -0.2) is 0 Å². The van der Waals surface area contributed by atoms with Crippen LogP contribution >= 0.6 is 0 Å². The topological polar surface area (TPSA) is 66.1 Å². The zero-order valence-corrected chi connectivity index (χ0v) is 13.6. The van der Waals surface area contributed by atoms with E-state index in [0.29, 0.717) is 6.42 Å². The maximum atomic E-state index is 11.8. The second kappa shape index (κ2) is 6.36. The number of aromatic nitrogens is 2. The fourth-order valence-corrected chi connectivity index (χ4v) is 3.10. The highest BCUT2D eigenvalue weighted by Crippen LogP contribution is 2.28. The molecule has 1 N–H and O–H groups in total. The number of hydrogen-bond donors (Lipinski definition) is 1. The molecule has 3 aromatic rings. The van der Waals surface area contributed by atoms with Gasteiger partial charge < -0.3 is 9.88 Å². The number of nitrogens with one attached hydrogen (secondary N) is 1. The molecule has 1 fully saturated rings. The summed E-state index contributed by atoms with van der Waals surface area (Å²) in [7, 11) is 0. The van der Waals surface area contributed by atoms with Gasteiger partial charge in [0, 0.05) is 54.4 Å². The lowest BCUT2D eigenvalue weighted by Crippen LogP contribution is -2.23. The van der Waals surface area contributed by atoms with Crippen LogP contribution in [0.5, 0.6) is 0 Å². The molecule has 0 aliphatic carbocycles. The van der Waals surface area contributed by atoms with E-state index in [0.717, 1.165) is 40.9 Å². The van der Waals surface area contributed by atoms with Gasteiger partial charge in [0.1, 0.15) is 0 Å². The molecule has 1 aliphatic heterocycles. The van der Waals surface area contributed by atoms with Crippen molar-refractivity contribution in [2.75, 3.05) is 11.4 Å². The van der Waals surface area contributed by atoms with Crippen LogP contribution < -0.4 is 10.5 Å². The summed E-state index contributed by atoms with van der Waals surface area (Å²) in [6, 6.07) is 13.3. The number of benzene rings is 1. The van der Waals surface area contributed by atoms with Crippen molar-refractivity contribution in [2.24, 2.45) is 0 Å². The summed E-state index contributed by atoms with van der Waals surface area (Å²) in [4.78, 5) is 31.9. The van der Waals surface area contributed by atoms with Gasteiger partial charge in [0.05, 0.1) is 0 Å². The van der Waals surface area contributed by atoms with Gasteiger partial charge in [-0.3, -0.25) is 14.6 Å². The molecule has 0 saturated carbocycles. The van der Waals surface area contributed by atoms with Gasteiger partial charge in [0.25, 0.3) is 0 Å². The molecule has 25 heavy (non-hydrogen) atoms. The Morgan fingerprint density at radius 3 is 2.24 bits per heavy atom. The zero-order chi connectivity index (χ0) is 17.2. The SMILES string of the molecule is O=C1CCCN1c1ccc(-c2cncc(-c3ccc(=O)[nH]c3)c2)cc1. The maximum Gasteiger partial charge on any atom is 0.247 e. The Bertz CT molecular complexity index is 956. The molecule has 0 bridgehead atoms. The third-order valence-corrected chi connectivity index (χ3v) is 4.44. The predicted octanol–water partition coefficient (Wildman–Crippen LogP) is 3.23. The molecule has 1 saturated heterocycles. The number of carbonyl (C=O) groups is 1. The smallest absolute Gasteiger partial charge is 0.247 e. The Hall–Kier alpha value is -3.21. The molecule has 1 aliphatic rings. The number of carbonyl (C=O) groups excluding carboxylic acids is 1. The van der Waals surface area contributed by atoms with Gasteiger partial charge in [0.15, 0.2) is 0 Å². The van der Waals surface area contributed by atoms with Crippen LogP contribution in [0.15, 0.2) is 65.8 Å². The fraction of sp³-hybridized carbons (Fsp3) is 0.150. The van der Waals surface area contributed by atoms with E-state index in [1.54, 1.807) is 18.5 Å². The number of pyridine rings is 2. The normalized spacial score (nSPS) is 14.1. The summed E-state index contributed by atoms with van der Waals surface area (Å²) in [5, 5.41) is 0. The number of hydrogen-bond acceptors (Lipinski definition) is 3. The molecule has 124 valence electrons. The fourth-order valence-electron chi connectivity index (χ4n) is 3.10. The molecule has 4 rings (SSSR count). The third kappa shape index (κ3) is 3.08. The number of anilines is 1. The second-order valence-corrected chi connectivity index (χ2v) is 6.10. The number of amides is 1. The minimum Gasteiger partial charge on any atom is -0.328 e. The Labute approximate surface area is 145 Å². The third-order valence-electron chi connectivity index (χ3n) is 4.44. The van der Waals surface area contributed by atoms with E-state index in [2.05, 4.69) is 9.97 Å². The number of aromatic amines is 1. The Kier molecular flexibility index (Phi) is 3.90. The van der Waals surface area contributed by atoms with Crippen LogP contribution in [-0.2, 0) is 4.79 Å². The summed E-state index contributed by atoms with van der Waals surface area (Å²) >= 11 is 0. The highest BCUT2D eigenvalue weighted by atomic mass is 16.2. The quantitative estimate of drug-likeness (QED) is 0.801. The average Bonchev–Trinajstić information content (AvgIpc) is 3.09. The van der Waals surface area contributed by atoms with Gasteiger partial charge >= 0.3 is 0 Å². The molecule has 1 aromatic carbocycles. The van der Waals surface area contributed by atoms with Gasteiger partial charge in [-0.2, -0.15) is 0 Å². The molecule has 0 radical (unpaired) electrons. The minimum atomic E-state index is -0.125. The van der Waals surface area contributed by atoms with Crippen molar-refractivity contribution >= 4 is 11.6 Å². The first-order valence-corrected chi connectivity index (χ1v) is 8.26. The molecule has 1 amide bonds. The monoisotopic (exact) mass is 331 g/mol. The van der Waals surface area contributed by atoms with Crippen LogP contribution in [0.3, 0.4) is 0 Å². The number of rotatable bonds is 3. The number of nitrogens with zero attached hydrogens (tertiary/aromatic N) is 2. The summed E-state index contributed by atoms with van der Waals surface area (Å²) in [5.74, 6) is 0.189. The molecule has 2 aromatic heterocycles. The van der Waals surface area contributed by atoms with Crippen molar-refractivity contribution < 1.29 is 4.79 Å². The molecule has 0 atom stereocenters. The van der Waals surface area contributed by atoms with Crippen LogP contribution in [0.25, 0.3) is 22.3 Å². The van der Waals surface area contributed by atoms with Gasteiger partial charge in [-0.15, -0.1) is 0 Å². The maximum absolute atomic E-state index is 11.8. The lowest BCUT2D eigenvalue weighted by atomic mass is 10.0. The molecule has 5 nitrogen and oxygen atoms in total. The number of H-pyrrole nitrogens is 1. The molecular formula is C20H17N3O2. The van der Waals surface area contributed by atoms with Crippen molar-refractivity contribution in [2.45, 2.75) is 12.8 Å². The summed E-state index contributed by atoms with van der Waals surface area (Å²) in [5.41, 5.74) is 4.69. The Balaban J connectivity index is 1.63. The van der Waals surface area contributed by atoms with E-state index in [1.165, 1.54) is 6.07 Å². The highest BCUT2D eigenvalue weighted by molar-refractivity contribution is 5.95. The first-order chi connectivity index (χ1) is 12.2. The zero-order valence-electron chi connectivity index (χ0n) is 13.6. The molecule has 0 unspecified atom stereocenters. The van der Waals surface area contributed by atoms with E-state index < -0.39 is 0 Å². The summed E-state index contributed by atoms with van der Waals surface area (Å²) in [6.45, 7) is 0.793. The van der Waals surface area contributed by atoms with Crippen LogP contribution in [0.1, 0.15) is 12.8 Å². The van der Waals surface area contributed by atoms with Crippen molar-refractivity contribution in [3.63, 3.8) is 0 Å². The molecule has 0 spiro atoms. The lowest BCUT2D eigenvalue weighted by molar-refractivity contribution is -0.117. The van der Waals surface area contributed by atoms with Gasteiger partial charge in [-0.1, -0.05) is 12.1 Å². The molecule has 3 heterocycles. The van der Waals surface area contributed by atoms with Crippen molar-refractivity contribution in [3.8, 4) is 22.3 Å². The van der Waals surface area contributed by atoms with E-state index in [9.17, 15) is 9.59 Å². The van der Waals surface area contributed by atoms with Crippen molar-refractivity contribution in [1.29, 1.82) is 0 Å². The largest absolute Gasteiger partial charge is 0.328 e. The minimum absolute atomic E-state index is 0.125. The van der Waals surface area contributed by atoms with E-state index in [4.69, 9.17) is 0 Å². The van der Waals surface area contributed by atoms with Crippen LogP contribution in [0, 0.1) is 0 Å². The average molecular weight is 331 g/mol. The van der Waals surface area contributed by atoms with Crippen LogP contribution in [0.2, 0.25) is 0 Å². The summed E-state index contributed by atoms with van der Waals surface area (Å²) in [6.07, 6.45) is 6.82. The first-order valence-electron chi connectivity index (χ1n) is 8.26. The molecule has 5 heteroatoms. The predicted molar refractivity (Wildman–Crippen MR) is 97.3 cm³/mol. The van der Waals surface area contributed by atoms with E-state index >= 15 is 0 Å². The highest BCUT2D eigenvalue weighted by Gasteiger charge is 2.21. The van der Waals surface area contributed by atoms with Gasteiger partial charge in [-0.05, 0) is 41.8 Å². The van der Waals surface area contributed by atoms with Crippen molar-refractivity contribution in [1.82, 2.24) is 9.97 Å². The Morgan fingerprint density at radius 1 is 0.880 bits per heavy atom. The van der Waals surface area contributed by atoms with E-state index in [-0.39, 0.29) is 11.5 Å². The van der Waals surface area contributed by atoms with Crippen LogP contribution in [-0.4, -0.2) is 22.4 Å². The summed E-state index contributed by atoms with van der Waals surface area (Å²) < 4.78 is 0. The second-order valence-electron chi connectivity index (χ2n) is 6.10. The van der Waals surface area contributed by atoms with E-state index in [1.807, 2.05) is 41.4 Å². The standard InChI is InChI=1S/C20H17N3O2/c24-19-8-5-15(13-22-19)17-10-16(11-21-12-17)14-3-6-18(7-4-14)23-9-1-2-20(23)25/h3-8,10-13H,1-2,9H2,(H,22,24). The lowest BCUT2D eigenvalue weighted by Gasteiger charge is -2.16. The van der Waals surface area contributed by atoms with Crippen molar-refractivity contribution in [3.05, 3.63) is 71.4 Å². The Morgan fingerprint density at radius 2 is 1.60 bits per heavy atom. The van der Waals surface area contributed by atoms with Crippen LogP contribution in [0.4, 0.5) is 5.69 Å². The first kappa shape index (κ1) is 15.3.